The SMILES string of the molecule is CCN(CCCl)c1ccc(C=O)cc1. The quantitative estimate of drug-likeness (QED) is 0.551. The summed E-state index contributed by atoms with van der Waals surface area (Å²) in [5.74, 6) is 0.614. The minimum absolute atomic E-state index is 0.614. The van der Waals surface area contributed by atoms with E-state index >= 15 is 0 Å². The summed E-state index contributed by atoms with van der Waals surface area (Å²) in [6, 6.07) is 7.53. The average molecular weight is 212 g/mol. The molecule has 0 aliphatic heterocycles. The minimum atomic E-state index is 0.614. The molecule has 14 heavy (non-hydrogen) atoms. The first-order valence-corrected chi connectivity index (χ1v) is 5.21. The molecule has 3 heteroatoms. The zero-order valence-corrected chi connectivity index (χ0v) is 9.00. The van der Waals surface area contributed by atoms with Gasteiger partial charge in [-0.05, 0) is 31.2 Å². The van der Waals surface area contributed by atoms with Gasteiger partial charge in [-0.3, -0.25) is 4.79 Å². The molecule has 0 aliphatic rings. The molecule has 76 valence electrons. The molecule has 0 bridgehead atoms. The molecule has 1 rings (SSSR count). The van der Waals surface area contributed by atoms with Crippen molar-refractivity contribution >= 4 is 23.6 Å². The molecule has 0 amide bonds. The number of hydrogen-bond acceptors (Lipinski definition) is 2. The van der Waals surface area contributed by atoms with Gasteiger partial charge in [0.2, 0.25) is 0 Å². The van der Waals surface area contributed by atoms with E-state index < -0.39 is 0 Å². The van der Waals surface area contributed by atoms with Gasteiger partial charge >= 0.3 is 0 Å². The van der Waals surface area contributed by atoms with Gasteiger partial charge < -0.3 is 4.90 Å². The molecule has 0 aromatic heterocycles. The molecule has 0 spiro atoms. The van der Waals surface area contributed by atoms with E-state index in [2.05, 4.69) is 11.8 Å². The maximum absolute atomic E-state index is 10.4. The first-order chi connectivity index (χ1) is 6.81. The molecule has 0 unspecified atom stereocenters. The van der Waals surface area contributed by atoms with Crippen LogP contribution in [0.1, 0.15) is 17.3 Å². The number of aldehydes is 1. The largest absolute Gasteiger partial charge is 0.371 e. The van der Waals surface area contributed by atoms with E-state index in [0.29, 0.717) is 11.4 Å². The van der Waals surface area contributed by atoms with Crippen molar-refractivity contribution in [3.05, 3.63) is 29.8 Å². The number of anilines is 1. The lowest BCUT2D eigenvalue weighted by Gasteiger charge is -2.21. The number of benzene rings is 1. The fourth-order valence-corrected chi connectivity index (χ4v) is 1.54. The fraction of sp³-hybridized carbons (Fsp3) is 0.364. The van der Waals surface area contributed by atoms with Gasteiger partial charge in [0, 0.05) is 30.2 Å². The summed E-state index contributed by atoms with van der Waals surface area (Å²) >= 11 is 5.69. The summed E-state index contributed by atoms with van der Waals surface area (Å²) in [4.78, 5) is 12.6. The maximum atomic E-state index is 10.4. The van der Waals surface area contributed by atoms with E-state index in [4.69, 9.17) is 11.6 Å². The van der Waals surface area contributed by atoms with Crippen molar-refractivity contribution < 1.29 is 4.79 Å². The van der Waals surface area contributed by atoms with Crippen LogP contribution in [0.15, 0.2) is 24.3 Å². The maximum Gasteiger partial charge on any atom is 0.150 e. The Hall–Kier alpha value is -1.02. The van der Waals surface area contributed by atoms with Crippen LogP contribution in [0.3, 0.4) is 0 Å². The van der Waals surface area contributed by atoms with Crippen LogP contribution in [0.5, 0.6) is 0 Å². The summed E-state index contributed by atoms with van der Waals surface area (Å²) < 4.78 is 0. The summed E-state index contributed by atoms with van der Waals surface area (Å²) in [5, 5.41) is 0. The van der Waals surface area contributed by atoms with E-state index in [9.17, 15) is 4.79 Å². The Morgan fingerprint density at radius 1 is 1.36 bits per heavy atom. The Balaban J connectivity index is 2.77. The Bertz CT molecular complexity index is 284. The predicted octanol–water partition coefficient (Wildman–Crippen LogP) is 2.56. The van der Waals surface area contributed by atoms with Gasteiger partial charge in [-0.25, -0.2) is 0 Å². The second-order valence-corrected chi connectivity index (χ2v) is 3.36. The summed E-state index contributed by atoms with van der Waals surface area (Å²) in [5.41, 5.74) is 1.81. The number of halogens is 1. The lowest BCUT2D eigenvalue weighted by molar-refractivity contribution is 0.112. The van der Waals surface area contributed by atoms with Crippen molar-refractivity contribution in [3.8, 4) is 0 Å². The third-order valence-electron chi connectivity index (χ3n) is 2.13. The van der Waals surface area contributed by atoms with Crippen LogP contribution in [0.2, 0.25) is 0 Å². The highest BCUT2D eigenvalue weighted by Crippen LogP contribution is 2.14. The number of hydrogen-bond donors (Lipinski definition) is 0. The zero-order chi connectivity index (χ0) is 10.4. The molecule has 0 fully saturated rings. The highest BCUT2D eigenvalue weighted by molar-refractivity contribution is 6.18. The monoisotopic (exact) mass is 211 g/mol. The van der Waals surface area contributed by atoms with Gasteiger partial charge in [0.05, 0.1) is 0 Å². The molecule has 0 atom stereocenters. The van der Waals surface area contributed by atoms with E-state index in [0.717, 1.165) is 25.1 Å². The smallest absolute Gasteiger partial charge is 0.150 e. The molecule has 0 N–H and O–H groups in total. The van der Waals surface area contributed by atoms with Crippen molar-refractivity contribution in [2.45, 2.75) is 6.92 Å². The van der Waals surface area contributed by atoms with Crippen LogP contribution in [0, 0.1) is 0 Å². The van der Waals surface area contributed by atoms with Crippen LogP contribution >= 0.6 is 11.6 Å². The topological polar surface area (TPSA) is 20.3 Å². The summed E-state index contributed by atoms with van der Waals surface area (Å²) in [6.07, 6.45) is 0.849. The summed E-state index contributed by atoms with van der Waals surface area (Å²) in [6.45, 7) is 3.84. The second kappa shape index (κ2) is 5.66. The zero-order valence-electron chi connectivity index (χ0n) is 8.24. The van der Waals surface area contributed by atoms with E-state index in [1.807, 2.05) is 24.3 Å². The second-order valence-electron chi connectivity index (χ2n) is 2.98. The van der Waals surface area contributed by atoms with Crippen LogP contribution in [0.4, 0.5) is 5.69 Å². The molecule has 0 aliphatic carbocycles. The predicted molar refractivity (Wildman–Crippen MR) is 60.4 cm³/mol. The number of carbonyl (C=O) groups is 1. The Morgan fingerprint density at radius 2 is 2.00 bits per heavy atom. The molecule has 1 aromatic carbocycles. The minimum Gasteiger partial charge on any atom is -0.371 e. The van der Waals surface area contributed by atoms with Crippen molar-refractivity contribution in [2.24, 2.45) is 0 Å². The molecule has 0 radical (unpaired) electrons. The number of rotatable bonds is 5. The van der Waals surface area contributed by atoms with Crippen molar-refractivity contribution in [1.29, 1.82) is 0 Å². The van der Waals surface area contributed by atoms with Gasteiger partial charge in [-0.15, -0.1) is 11.6 Å². The van der Waals surface area contributed by atoms with Crippen molar-refractivity contribution in [2.75, 3.05) is 23.9 Å². The molecular formula is C11H14ClNO. The number of carbonyl (C=O) groups excluding carboxylic acids is 1. The Labute approximate surface area is 89.5 Å². The van der Waals surface area contributed by atoms with Crippen LogP contribution < -0.4 is 4.90 Å². The third-order valence-corrected chi connectivity index (χ3v) is 2.30. The lowest BCUT2D eigenvalue weighted by Crippen LogP contribution is -2.24. The van der Waals surface area contributed by atoms with Gasteiger partial charge in [0.15, 0.2) is 0 Å². The average Bonchev–Trinajstić information content (AvgIpc) is 2.26. The van der Waals surface area contributed by atoms with Crippen LogP contribution in [-0.2, 0) is 0 Å². The van der Waals surface area contributed by atoms with Crippen LogP contribution in [0.25, 0.3) is 0 Å². The van der Waals surface area contributed by atoms with Crippen molar-refractivity contribution in [1.82, 2.24) is 0 Å². The van der Waals surface area contributed by atoms with Gasteiger partial charge in [-0.1, -0.05) is 0 Å². The van der Waals surface area contributed by atoms with E-state index in [1.165, 1.54) is 0 Å². The van der Waals surface area contributed by atoms with Crippen molar-refractivity contribution in [3.63, 3.8) is 0 Å². The molecular weight excluding hydrogens is 198 g/mol. The first kappa shape index (κ1) is 11.1. The highest BCUT2D eigenvalue weighted by atomic mass is 35.5. The third kappa shape index (κ3) is 2.74. The normalized spacial score (nSPS) is 9.86. The number of alkyl halides is 1. The highest BCUT2D eigenvalue weighted by Gasteiger charge is 2.02. The van der Waals surface area contributed by atoms with Gasteiger partial charge in [-0.2, -0.15) is 0 Å². The first-order valence-electron chi connectivity index (χ1n) is 4.68. The molecule has 0 saturated heterocycles. The molecule has 0 heterocycles. The lowest BCUT2D eigenvalue weighted by atomic mass is 10.2. The van der Waals surface area contributed by atoms with Crippen LogP contribution in [-0.4, -0.2) is 25.3 Å². The fourth-order valence-electron chi connectivity index (χ4n) is 1.34. The Morgan fingerprint density at radius 3 is 2.43 bits per heavy atom. The summed E-state index contributed by atoms with van der Waals surface area (Å²) in [7, 11) is 0. The van der Waals surface area contributed by atoms with Gasteiger partial charge in [0.1, 0.15) is 6.29 Å². The number of nitrogens with zero attached hydrogens (tertiary/aromatic N) is 1. The van der Waals surface area contributed by atoms with E-state index in [-0.39, 0.29) is 0 Å². The molecule has 1 aromatic rings. The molecule has 0 saturated carbocycles. The molecule has 2 nitrogen and oxygen atoms in total. The van der Waals surface area contributed by atoms with Gasteiger partial charge in [0.25, 0.3) is 0 Å². The standard InChI is InChI=1S/C11H14ClNO/c1-2-13(8-7-12)11-5-3-10(9-14)4-6-11/h3-6,9H,2,7-8H2,1H3. The Kier molecular flexibility index (Phi) is 4.47. The van der Waals surface area contributed by atoms with E-state index in [1.54, 1.807) is 0 Å².